The lowest BCUT2D eigenvalue weighted by Gasteiger charge is -2.36. The minimum absolute atomic E-state index is 0.245. The molecule has 0 aromatic rings. The predicted molar refractivity (Wildman–Crippen MR) is 79.8 cm³/mol. The Labute approximate surface area is 123 Å². The maximum atomic E-state index is 9.96. The Morgan fingerprint density at radius 3 is 2.90 bits per heavy atom. The van der Waals surface area contributed by atoms with Crippen LogP contribution in [0.25, 0.3) is 0 Å². The first-order valence-electron chi connectivity index (χ1n) is 8.16. The number of hydrogen-bond acceptors (Lipinski definition) is 4. The van der Waals surface area contributed by atoms with E-state index in [1.165, 1.54) is 25.7 Å². The van der Waals surface area contributed by atoms with Crippen LogP contribution in [-0.4, -0.2) is 49.7 Å². The van der Waals surface area contributed by atoms with Gasteiger partial charge in [-0.15, -0.1) is 0 Å². The first-order valence-corrected chi connectivity index (χ1v) is 8.16. The molecule has 1 heterocycles. The Kier molecular flexibility index (Phi) is 6.27. The number of nitrogens with one attached hydrogen (secondary N) is 1. The first-order chi connectivity index (χ1) is 9.55. The summed E-state index contributed by atoms with van der Waals surface area (Å²) in [5, 5.41) is 13.4. The molecule has 1 aliphatic carbocycles. The Morgan fingerprint density at radius 1 is 1.35 bits per heavy atom. The monoisotopic (exact) mass is 285 g/mol. The molecule has 2 rings (SSSR count). The molecule has 0 aromatic heterocycles. The molecule has 3 unspecified atom stereocenters. The average Bonchev–Trinajstić information content (AvgIpc) is 2.88. The van der Waals surface area contributed by atoms with E-state index in [1.807, 2.05) is 0 Å². The Bertz CT molecular complexity index is 277. The van der Waals surface area contributed by atoms with Gasteiger partial charge >= 0.3 is 0 Å². The third-order valence-electron chi connectivity index (χ3n) is 4.49. The fourth-order valence-electron chi connectivity index (χ4n) is 3.35. The van der Waals surface area contributed by atoms with Crippen molar-refractivity contribution in [3.8, 4) is 0 Å². The minimum atomic E-state index is -0.415. The summed E-state index contributed by atoms with van der Waals surface area (Å²) in [5.74, 6) is 0. The molecule has 0 amide bonds. The normalized spacial score (nSPS) is 31.4. The minimum Gasteiger partial charge on any atom is -0.389 e. The van der Waals surface area contributed by atoms with Gasteiger partial charge in [-0.05, 0) is 37.5 Å². The molecule has 20 heavy (non-hydrogen) atoms. The Morgan fingerprint density at radius 2 is 2.20 bits per heavy atom. The lowest BCUT2D eigenvalue weighted by molar-refractivity contribution is -0.0175. The van der Waals surface area contributed by atoms with Gasteiger partial charge in [0.15, 0.2) is 0 Å². The van der Waals surface area contributed by atoms with Crippen molar-refractivity contribution in [3.05, 3.63) is 0 Å². The summed E-state index contributed by atoms with van der Waals surface area (Å²) < 4.78 is 11.0. The Hall–Kier alpha value is -0.160. The van der Waals surface area contributed by atoms with Crippen LogP contribution in [0.1, 0.15) is 52.4 Å². The van der Waals surface area contributed by atoms with E-state index in [0.29, 0.717) is 31.2 Å². The molecule has 2 aliphatic rings. The summed E-state index contributed by atoms with van der Waals surface area (Å²) in [6.07, 6.45) is 7.09. The largest absolute Gasteiger partial charge is 0.389 e. The molecule has 0 bridgehead atoms. The highest BCUT2D eigenvalue weighted by Crippen LogP contribution is 2.34. The first kappa shape index (κ1) is 16.2. The van der Waals surface area contributed by atoms with Gasteiger partial charge in [0.05, 0.1) is 25.4 Å². The number of aliphatic hydroxyl groups is 1. The van der Waals surface area contributed by atoms with Gasteiger partial charge in [-0.3, -0.25) is 0 Å². The molecule has 4 heteroatoms. The van der Waals surface area contributed by atoms with E-state index in [-0.39, 0.29) is 6.10 Å². The topological polar surface area (TPSA) is 50.7 Å². The third kappa shape index (κ3) is 5.68. The van der Waals surface area contributed by atoms with Gasteiger partial charge in [0.2, 0.25) is 0 Å². The zero-order chi connectivity index (χ0) is 14.4. The van der Waals surface area contributed by atoms with Crippen molar-refractivity contribution < 1.29 is 14.6 Å². The number of aliphatic hydroxyl groups excluding tert-OH is 1. The van der Waals surface area contributed by atoms with Crippen LogP contribution in [-0.2, 0) is 9.47 Å². The van der Waals surface area contributed by atoms with Crippen LogP contribution in [0, 0.1) is 5.41 Å². The van der Waals surface area contributed by atoms with Crippen LogP contribution in [0.2, 0.25) is 0 Å². The van der Waals surface area contributed by atoms with Crippen molar-refractivity contribution in [2.24, 2.45) is 5.41 Å². The van der Waals surface area contributed by atoms with Gasteiger partial charge in [-0.1, -0.05) is 20.3 Å². The van der Waals surface area contributed by atoms with Gasteiger partial charge in [0.1, 0.15) is 0 Å². The maximum absolute atomic E-state index is 9.96. The predicted octanol–water partition coefficient (Wildman–Crippen LogP) is 2.10. The van der Waals surface area contributed by atoms with E-state index in [1.54, 1.807) is 0 Å². The zero-order valence-electron chi connectivity index (χ0n) is 13.1. The molecule has 1 saturated heterocycles. The lowest BCUT2D eigenvalue weighted by Crippen LogP contribution is -2.42. The van der Waals surface area contributed by atoms with Gasteiger partial charge in [-0.2, -0.15) is 0 Å². The molecule has 1 aliphatic heterocycles. The second kappa shape index (κ2) is 7.74. The number of ether oxygens (including phenoxy) is 2. The van der Waals surface area contributed by atoms with E-state index < -0.39 is 6.10 Å². The van der Waals surface area contributed by atoms with Gasteiger partial charge in [-0.25, -0.2) is 0 Å². The average molecular weight is 285 g/mol. The third-order valence-corrected chi connectivity index (χ3v) is 4.49. The van der Waals surface area contributed by atoms with Crippen LogP contribution >= 0.6 is 0 Å². The fraction of sp³-hybridized carbons (Fsp3) is 1.00. The van der Waals surface area contributed by atoms with E-state index in [0.717, 1.165) is 19.4 Å². The summed E-state index contributed by atoms with van der Waals surface area (Å²) in [6, 6.07) is 0.548. The fourth-order valence-corrected chi connectivity index (χ4v) is 3.35. The molecule has 1 saturated carbocycles. The summed E-state index contributed by atoms with van der Waals surface area (Å²) in [7, 11) is 0. The van der Waals surface area contributed by atoms with E-state index >= 15 is 0 Å². The molecule has 2 fully saturated rings. The molecule has 0 aromatic carbocycles. The smallest absolute Gasteiger partial charge is 0.0897 e. The van der Waals surface area contributed by atoms with Crippen molar-refractivity contribution in [3.63, 3.8) is 0 Å². The molecule has 118 valence electrons. The summed E-state index contributed by atoms with van der Waals surface area (Å²) in [4.78, 5) is 0. The van der Waals surface area contributed by atoms with E-state index in [2.05, 4.69) is 19.2 Å². The molecular weight excluding hydrogens is 254 g/mol. The van der Waals surface area contributed by atoms with Crippen molar-refractivity contribution in [1.29, 1.82) is 0 Å². The standard InChI is InChI=1S/C16H31NO3/c1-16(2)7-3-5-13(9-16)17-10-14(18)11-19-12-15-6-4-8-20-15/h13-15,17-18H,3-12H2,1-2H3. The number of rotatable bonds is 7. The molecular formula is C16H31NO3. The van der Waals surface area contributed by atoms with Crippen LogP contribution in [0.15, 0.2) is 0 Å². The SMILES string of the molecule is CC1(C)CCCC(NCC(O)COCC2CCCO2)C1. The molecule has 3 atom stereocenters. The van der Waals surface area contributed by atoms with Crippen LogP contribution in [0.3, 0.4) is 0 Å². The molecule has 0 radical (unpaired) electrons. The summed E-state index contributed by atoms with van der Waals surface area (Å²) in [5.41, 5.74) is 0.442. The van der Waals surface area contributed by atoms with Gasteiger partial charge in [0, 0.05) is 19.2 Å². The lowest BCUT2D eigenvalue weighted by atomic mass is 9.75. The van der Waals surface area contributed by atoms with Gasteiger partial charge in [0.25, 0.3) is 0 Å². The quantitative estimate of drug-likeness (QED) is 0.752. The van der Waals surface area contributed by atoms with E-state index in [9.17, 15) is 5.11 Å². The van der Waals surface area contributed by atoms with Gasteiger partial charge < -0.3 is 19.9 Å². The van der Waals surface area contributed by atoms with Crippen molar-refractivity contribution in [2.75, 3.05) is 26.4 Å². The van der Waals surface area contributed by atoms with Crippen LogP contribution in [0.5, 0.6) is 0 Å². The second-order valence-electron chi connectivity index (χ2n) is 7.19. The highest BCUT2D eigenvalue weighted by Gasteiger charge is 2.27. The van der Waals surface area contributed by atoms with Crippen molar-refractivity contribution in [1.82, 2.24) is 5.32 Å². The van der Waals surface area contributed by atoms with Crippen LogP contribution in [0.4, 0.5) is 0 Å². The second-order valence-corrected chi connectivity index (χ2v) is 7.19. The molecule has 0 spiro atoms. The zero-order valence-corrected chi connectivity index (χ0v) is 13.1. The van der Waals surface area contributed by atoms with Crippen molar-refractivity contribution >= 4 is 0 Å². The molecule has 4 nitrogen and oxygen atoms in total. The molecule has 2 N–H and O–H groups in total. The maximum Gasteiger partial charge on any atom is 0.0897 e. The number of hydrogen-bond donors (Lipinski definition) is 2. The Balaban J connectivity index is 1.54. The highest BCUT2D eigenvalue weighted by molar-refractivity contribution is 4.83. The summed E-state index contributed by atoms with van der Waals surface area (Å²) in [6.45, 7) is 7.18. The summed E-state index contributed by atoms with van der Waals surface area (Å²) >= 11 is 0. The van der Waals surface area contributed by atoms with E-state index in [4.69, 9.17) is 9.47 Å². The van der Waals surface area contributed by atoms with Crippen LogP contribution < -0.4 is 5.32 Å². The highest BCUT2D eigenvalue weighted by atomic mass is 16.5. The van der Waals surface area contributed by atoms with Crippen molar-refractivity contribution in [2.45, 2.75) is 70.6 Å².